The second-order valence-corrected chi connectivity index (χ2v) is 10.4. The normalized spacial score (nSPS) is 19.8. The predicted octanol–water partition coefficient (Wildman–Crippen LogP) is 3.76. The fourth-order valence-corrected chi connectivity index (χ4v) is 5.47. The Kier molecular flexibility index (Phi) is 5.55. The lowest BCUT2D eigenvalue weighted by Gasteiger charge is -2.40. The number of fused-ring (bicyclic) bond motifs is 2. The number of hydrogen-bond donors (Lipinski definition) is 1. The second-order valence-electron chi connectivity index (χ2n) is 10.4. The number of carbonyl (C=O) groups is 2. The zero-order chi connectivity index (χ0) is 23.2. The fraction of sp³-hybridized carbons (Fsp3) is 0.481. The van der Waals surface area contributed by atoms with E-state index in [1.807, 2.05) is 51.1 Å². The summed E-state index contributed by atoms with van der Waals surface area (Å²) in [6, 6.07) is 11.3. The molecular formula is C27H33N3O3. The van der Waals surface area contributed by atoms with Crippen LogP contribution in [0.1, 0.15) is 61.9 Å². The van der Waals surface area contributed by atoms with Gasteiger partial charge in [0, 0.05) is 36.4 Å². The molecule has 3 heterocycles. The third-order valence-electron chi connectivity index (χ3n) is 6.73. The molecule has 0 saturated carbocycles. The van der Waals surface area contributed by atoms with Crippen LogP contribution in [-0.2, 0) is 29.0 Å². The number of nitrogens with zero attached hydrogens (tertiary/aromatic N) is 2. The molecule has 6 heteroatoms. The number of ether oxygens (including phenoxy) is 1. The summed E-state index contributed by atoms with van der Waals surface area (Å²) >= 11 is 0. The highest BCUT2D eigenvalue weighted by Crippen LogP contribution is 2.46. The summed E-state index contributed by atoms with van der Waals surface area (Å²) in [5.74, 6) is 0.384. The smallest absolute Gasteiger partial charge is 0.261 e. The first kappa shape index (κ1) is 21.8. The van der Waals surface area contributed by atoms with Gasteiger partial charge in [0.2, 0.25) is 5.91 Å². The highest BCUT2D eigenvalue weighted by molar-refractivity contribution is 5.92. The van der Waals surface area contributed by atoms with E-state index in [0.717, 1.165) is 49.9 Å². The topological polar surface area (TPSA) is 61.9 Å². The molecule has 2 aromatic carbocycles. The lowest BCUT2D eigenvalue weighted by atomic mass is 9.84. The highest BCUT2D eigenvalue weighted by atomic mass is 16.5. The minimum atomic E-state index is -0.725. The minimum absolute atomic E-state index is 0.0545. The zero-order valence-electron chi connectivity index (χ0n) is 19.8. The van der Waals surface area contributed by atoms with Crippen LogP contribution in [0.4, 0.5) is 5.69 Å². The van der Waals surface area contributed by atoms with Gasteiger partial charge in [0.05, 0.1) is 0 Å². The Labute approximate surface area is 195 Å². The Morgan fingerprint density at radius 1 is 1.12 bits per heavy atom. The van der Waals surface area contributed by atoms with E-state index in [4.69, 9.17) is 4.74 Å². The molecule has 5 rings (SSSR count). The molecule has 2 amide bonds. The fourth-order valence-electron chi connectivity index (χ4n) is 5.47. The maximum Gasteiger partial charge on any atom is 0.261 e. The Morgan fingerprint density at radius 2 is 1.85 bits per heavy atom. The van der Waals surface area contributed by atoms with Crippen LogP contribution in [0.3, 0.4) is 0 Å². The van der Waals surface area contributed by atoms with Crippen molar-refractivity contribution in [2.75, 3.05) is 24.6 Å². The van der Waals surface area contributed by atoms with E-state index < -0.39 is 11.6 Å². The van der Waals surface area contributed by atoms with E-state index in [0.29, 0.717) is 12.3 Å². The number of nitrogens with one attached hydrogen (secondary N) is 1. The SMILES string of the molecule is CC(C)(C)NC(=O)C1c2c(cc3c4c2CCCN4CCC3)OCC(=O)N1Cc1ccccc1. The van der Waals surface area contributed by atoms with Crippen molar-refractivity contribution in [2.24, 2.45) is 0 Å². The van der Waals surface area contributed by atoms with Crippen LogP contribution >= 0.6 is 0 Å². The number of carbonyl (C=O) groups excluding carboxylic acids is 2. The van der Waals surface area contributed by atoms with E-state index in [9.17, 15) is 9.59 Å². The van der Waals surface area contributed by atoms with Gasteiger partial charge in [-0.15, -0.1) is 0 Å². The van der Waals surface area contributed by atoms with Gasteiger partial charge in [-0.05, 0) is 69.2 Å². The molecule has 0 fully saturated rings. The molecule has 0 spiro atoms. The predicted molar refractivity (Wildman–Crippen MR) is 128 cm³/mol. The summed E-state index contributed by atoms with van der Waals surface area (Å²) in [6.07, 6.45) is 4.08. The maximum atomic E-state index is 13.8. The van der Waals surface area contributed by atoms with Crippen LogP contribution in [0, 0.1) is 0 Å². The van der Waals surface area contributed by atoms with Gasteiger partial charge in [-0.25, -0.2) is 0 Å². The number of anilines is 1. The average molecular weight is 448 g/mol. The standard InChI is InChI=1S/C27H33N3O3/c1-27(2,3)28-26(32)25-23-20-12-8-14-29-13-7-11-19(24(20)29)15-21(23)33-17-22(31)30(25)16-18-9-5-4-6-10-18/h4-6,9-10,15,25H,7-8,11-14,16-17H2,1-3H3,(H,28,32). The average Bonchev–Trinajstić information content (AvgIpc) is 2.91. The van der Waals surface area contributed by atoms with Gasteiger partial charge in [0.25, 0.3) is 5.91 Å². The van der Waals surface area contributed by atoms with E-state index in [-0.39, 0.29) is 18.4 Å². The molecule has 6 nitrogen and oxygen atoms in total. The molecule has 3 aliphatic rings. The van der Waals surface area contributed by atoms with Gasteiger partial charge in [-0.3, -0.25) is 9.59 Å². The van der Waals surface area contributed by atoms with Crippen LogP contribution < -0.4 is 15.0 Å². The van der Waals surface area contributed by atoms with Gasteiger partial charge in [0.1, 0.15) is 11.8 Å². The molecular weight excluding hydrogens is 414 g/mol. The van der Waals surface area contributed by atoms with Crippen LogP contribution in [0.2, 0.25) is 0 Å². The molecule has 0 radical (unpaired) electrons. The van der Waals surface area contributed by atoms with Gasteiger partial charge in [0.15, 0.2) is 6.61 Å². The molecule has 0 bridgehead atoms. The number of aryl methyl sites for hydroxylation is 1. The molecule has 174 valence electrons. The monoisotopic (exact) mass is 447 g/mol. The molecule has 1 unspecified atom stereocenters. The summed E-state index contributed by atoms with van der Waals surface area (Å²) < 4.78 is 6.12. The third-order valence-corrected chi connectivity index (χ3v) is 6.73. The summed E-state index contributed by atoms with van der Waals surface area (Å²) in [7, 11) is 0. The molecule has 0 aliphatic carbocycles. The van der Waals surface area contributed by atoms with E-state index in [1.54, 1.807) is 4.90 Å². The van der Waals surface area contributed by atoms with E-state index in [2.05, 4.69) is 16.3 Å². The number of amides is 2. The van der Waals surface area contributed by atoms with Gasteiger partial charge in [-0.1, -0.05) is 30.3 Å². The van der Waals surface area contributed by atoms with Crippen molar-refractivity contribution in [1.29, 1.82) is 0 Å². The molecule has 33 heavy (non-hydrogen) atoms. The van der Waals surface area contributed by atoms with Crippen molar-refractivity contribution in [3.05, 3.63) is 58.7 Å². The van der Waals surface area contributed by atoms with E-state index in [1.165, 1.54) is 16.8 Å². The Bertz CT molecular complexity index is 1070. The van der Waals surface area contributed by atoms with Crippen molar-refractivity contribution in [3.63, 3.8) is 0 Å². The van der Waals surface area contributed by atoms with Crippen molar-refractivity contribution in [2.45, 2.75) is 64.6 Å². The summed E-state index contributed by atoms with van der Waals surface area (Å²) in [4.78, 5) is 31.4. The zero-order valence-corrected chi connectivity index (χ0v) is 19.8. The first-order chi connectivity index (χ1) is 15.8. The lowest BCUT2D eigenvalue weighted by molar-refractivity contribution is -0.142. The summed E-state index contributed by atoms with van der Waals surface area (Å²) in [5, 5.41) is 3.15. The molecule has 0 saturated heterocycles. The molecule has 3 aliphatic heterocycles. The van der Waals surface area contributed by atoms with Crippen molar-refractivity contribution < 1.29 is 14.3 Å². The molecule has 1 N–H and O–H groups in total. The highest BCUT2D eigenvalue weighted by Gasteiger charge is 2.41. The van der Waals surface area contributed by atoms with Gasteiger partial charge >= 0.3 is 0 Å². The third kappa shape index (κ3) is 4.19. The number of hydrogen-bond acceptors (Lipinski definition) is 4. The largest absolute Gasteiger partial charge is 0.483 e. The Morgan fingerprint density at radius 3 is 2.58 bits per heavy atom. The molecule has 1 atom stereocenters. The van der Waals surface area contributed by atoms with Crippen LogP contribution in [0.25, 0.3) is 0 Å². The first-order valence-electron chi connectivity index (χ1n) is 12.0. The van der Waals surface area contributed by atoms with Crippen molar-refractivity contribution in [3.8, 4) is 5.75 Å². The van der Waals surface area contributed by atoms with Crippen LogP contribution in [-0.4, -0.2) is 41.9 Å². The van der Waals surface area contributed by atoms with Gasteiger partial charge in [-0.2, -0.15) is 0 Å². The molecule has 2 aromatic rings. The van der Waals surface area contributed by atoms with Gasteiger partial charge < -0.3 is 19.9 Å². The molecule has 0 aromatic heterocycles. The first-order valence-corrected chi connectivity index (χ1v) is 12.0. The van der Waals surface area contributed by atoms with Crippen molar-refractivity contribution >= 4 is 17.5 Å². The Hall–Kier alpha value is -3.02. The quantitative estimate of drug-likeness (QED) is 0.778. The van der Waals surface area contributed by atoms with Crippen molar-refractivity contribution in [1.82, 2.24) is 10.2 Å². The van der Waals surface area contributed by atoms with E-state index >= 15 is 0 Å². The summed E-state index contributed by atoms with van der Waals surface area (Å²) in [6.45, 7) is 8.32. The van der Waals surface area contributed by atoms with Crippen LogP contribution in [0.15, 0.2) is 36.4 Å². The maximum absolute atomic E-state index is 13.8. The lowest BCUT2D eigenvalue weighted by Crippen LogP contribution is -2.49. The number of benzene rings is 2. The summed E-state index contributed by atoms with van der Waals surface area (Å²) in [5.41, 5.74) is 5.21. The minimum Gasteiger partial charge on any atom is -0.483 e. The Balaban J connectivity index is 1.68. The number of rotatable bonds is 3. The second kappa shape index (κ2) is 8.40. The van der Waals surface area contributed by atoms with Crippen LogP contribution in [0.5, 0.6) is 5.75 Å².